The highest BCUT2D eigenvalue weighted by Crippen LogP contribution is 2.39. The number of carbonyl (C=O) groups is 1. The summed E-state index contributed by atoms with van der Waals surface area (Å²) in [5.74, 6) is 1.36. The molecular weight excluding hydrogens is 340 g/mol. The molecule has 1 N–H and O–H groups in total. The summed E-state index contributed by atoms with van der Waals surface area (Å²) in [6.45, 7) is 1.26. The molecule has 0 aliphatic carbocycles. The highest BCUT2D eigenvalue weighted by Gasteiger charge is 2.30. The molecule has 2 aliphatic heterocycles. The molecule has 1 aromatic carbocycles. The fourth-order valence-electron chi connectivity index (χ4n) is 3.07. The Labute approximate surface area is 152 Å². The van der Waals surface area contributed by atoms with Gasteiger partial charge < -0.3 is 29.1 Å². The van der Waals surface area contributed by atoms with Crippen molar-refractivity contribution in [3.8, 4) is 17.2 Å². The Morgan fingerprint density at radius 2 is 1.96 bits per heavy atom. The molecule has 0 radical (unpaired) electrons. The summed E-state index contributed by atoms with van der Waals surface area (Å²) in [5, 5.41) is 6.94. The Bertz CT molecular complexity index is 659. The minimum Gasteiger partial charge on any atom is -0.493 e. The molecule has 1 aromatic rings. The number of amides is 1. The van der Waals surface area contributed by atoms with Crippen molar-refractivity contribution in [3.05, 3.63) is 17.7 Å². The summed E-state index contributed by atoms with van der Waals surface area (Å²) < 4.78 is 21.5. The first-order valence-electron chi connectivity index (χ1n) is 8.58. The van der Waals surface area contributed by atoms with E-state index in [-0.39, 0.29) is 12.0 Å². The summed E-state index contributed by atoms with van der Waals surface area (Å²) in [4.78, 5) is 17.6. The van der Waals surface area contributed by atoms with Crippen molar-refractivity contribution in [1.29, 1.82) is 0 Å². The van der Waals surface area contributed by atoms with Crippen LogP contribution in [0, 0.1) is 0 Å². The van der Waals surface area contributed by atoms with Crippen LogP contribution in [0.15, 0.2) is 17.3 Å². The van der Waals surface area contributed by atoms with E-state index in [1.165, 1.54) is 0 Å². The molecule has 1 saturated heterocycles. The Morgan fingerprint density at radius 1 is 1.23 bits per heavy atom. The number of carbonyl (C=O) groups excluding carboxylic acids is 1. The van der Waals surface area contributed by atoms with E-state index in [0.29, 0.717) is 35.9 Å². The molecule has 26 heavy (non-hydrogen) atoms. The summed E-state index contributed by atoms with van der Waals surface area (Å²) >= 11 is 0. The van der Waals surface area contributed by atoms with Gasteiger partial charge in [0.2, 0.25) is 11.9 Å². The van der Waals surface area contributed by atoms with Gasteiger partial charge in [0.05, 0.1) is 33.1 Å². The van der Waals surface area contributed by atoms with Gasteiger partial charge >= 0.3 is 0 Å². The van der Waals surface area contributed by atoms with Crippen LogP contribution in [0.5, 0.6) is 17.2 Å². The predicted octanol–water partition coefficient (Wildman–Crippen LogP) is 1.50. The lowest BCUT2D eigenvalue weighted by molar-refractivity contribution is -0.131. The summed E-state index contributed by atoms with van der Waals surface area (Å²) in [5.41, 5.74) is 1.41. The number of ether oxygens (including phenoxy) is 4. The second kappa shape index (κ2) is 8.27. The van der Waals surface area contributed by atoms with Crippen LogP contribution in [0.2, 0.25) is 0 Å². The molecule has 142 valence electrons. The Kier molecular flexibility index (Phi) is 5.82. The van der Waals surface area contributed by atoms with Gasteiger partial charge in [0.1, 0.15) is 0 Å². The lowest BCUT2D eigenvalue weighted by atomic mass is 10.0. The molecule has 1 fully saturated rings. The third-order valence-corrected chi connectivity index (χ3v) is 4.49. The van der Waals surface area contributed by atoms with Gasteiger partial charge in [-0.05, 0) is 25.0 Å². The Balaban J connectivity index is 1.65. The number of methoxy groups -OCH3 is 3. The molecule has 8 heteroatoms. The normalized spacial score (nSPS) is 21.7. The molecule has 3 rings (SSSR count). The number of nitrogens with zero attached hydrogens (tertiary/aromatic N) is 1. The number of oxime groups is 1. The maximum absolute atomic E-state index is 12.3. The molecule has 0 aromatic heterocycles. The van der Waals surface area contributed by atoms with Gasteiger partial charge in [0.15, 0.2) is 11.5 Å². The van der Waals surface area contributed by atoms with E-state index in [1.54, 1.807) is 33.5 Å². The van der Waals surface area contributed by atoms with E-state index < -0.39 is 6.10 Å². The van der Waals surface area contributed by atoms with E-state index in [0.717, 1.165) is 25.0 Å². The van der Waals surface area contributed by atoms with Crippen molar-refractivity contribution >= 4 is 11.6 Å². The van der Waals surface area contributed by atoms with Crippen molar-refractivity contribution in [1.82, 2.24) is 5.32 Å². The molecule has 0 bridgehead atoms. The summed E-state index contributed by atoms with van der Waals surface area (Å²) in [6.07, 6.45) is 1.82. The van der Waals surface area contributed by atoms with Gasteiger partial charge in [0.25, 0.3) is 5.91 Å². The van der Waals surface area contributed by atoms with E-state index in [4.69, 9.17) is 23.8 Å². The average Bonchev–Trinajstić information content (AvgIpc) is 3.36. The largest absolute Gasteiger partial charge is 0.493 e. The van der Waals surface area contributed by atoms with Crippen molar-refractivity contribution in [2.24, 2.45) is 5.16 Å². The summed E-state index contributed by atoms with van der Waals surface area (Å²) in [6, 6.07) is 3.58. The first-order chi connectivity index (χ1) is 12.7. The number of benzene rings is 1. The minimum absolute atomic E-state index is 0.0934. The van der Waals surface area contributed by atoms with Crippen molar-refractivity contribution in [2.75, 3.05) is 34.5 Å². The molecule has 8 nitrogen and oxygen atoms in total. The van der Waals surface area contributed by atoms with Crippen LogP contribution in [-0.4, -0.2) is 58.3 Å². The van der Waals surface area contributed by atoms with Crippen LogP contribution >= 0.6 is 0 Å². The number of nitrogens with one attached hydrogen (secondary N) is 1. The monoisotopic (exact) mass is 364 g/mol. The van der Waals surface area contributed by atoms with Gasteiger partial charge in [-0.25, -0.2) is 0 Å². The molecule has 0 saturated carbocycles. The predicted molar refractivity (Wildman–Crippen MR) is 94.1 cm³/mol. The van der Waals surface area contributed by atoms with Crippen LogP contribution in [0.4, 0.5) is 0 Å². The van der Waals surface area contributed by atoms with Gasteiger partial charge in [-0.15, -0.1) is 0 Å². The third kappa shape index (κ3) is 3.85. The van der Waals surface area contributed by atoms with Crippen molar-refractivity contribution in [2.45, 2.75) is 31.5 Å². The molecule has 0 spiro atoms. The fraction of sp³-hybridized carbons (Fsp3) is 0.556. The lowest BCUT2D eigenvalue weighted by Crippen LogP contribution is -2.39. The van der Waals surface area contributed by atoms with E-state index in [2.05, 4.69) is 10.5 Å². The quantitative estimate of drug-likeness (QED) is 0.789. The lowest BCUT2D eigenvalue weighted by Gasteiger charge is -2.14. The van der Waals surface area contributed by atoms with Gasteiger partial charge in [-0.3, -0.25) is 4.79 Å². The zero-order valence-electron chi connectivity index (χ0n) is 15.2. The minimum atomic E-state index is -0.648. The van der Waals surface area contributed by atoms with Crippen LogP contribution in [0.3, 0.4) is 0 Å². The molecular formula is C18H24N2O6. The average molecular weight is 364 g/mol. The molecule has 0 unspecified atom stereocenters. The Hall–Kier alpha value is -2.48. The van der Waals surface area contributed by atoms with E-state index in [1.807, 2.05) is 0 Å². The van der Waals surface area contributed by atoms with E-state index in [9.17, 15) is 4.79 Å². The van der Waals surface area contributed by atoms with Crippen molar-refractivity contribution in [3.63, 3.8) is 0 Å². The zero-order valence-corrected chi connectivity index (χ0v) is 15.2. The highest BCUT2D eigenvalue weighted by molar-refractivity contribution is 6.04. The number of hydrogen-bond donors (Lipinski definition) is 1. The third-order valence-electron chi connectivity index (χ3n) is 4.49. The Morgan fingerprint density at radius 3 is 2.54 bits per heavy atom. The number of rotatable bonds is 7. The van der Waals surface area contributed by atoms with Gasteiger partial charge in [0, 0.05) is 25.1 Å². The van der Waals surface area contributed by atoms with E-state index >= 15 is 0 Å². The summed E-state index contributed by atoms with van der Waals surface area (Å²) in [7, 11) is 4.65. The smallest absolute Gasteiger partial charge is 0.264 e. The maximum atomic E-state index is 12.3. The van der Waals surface area contributed by atoms with Gasteiger partial charge in [-0.2, -0.15) is 0 Å². The van der Waals surface area contributed by atoms with Crippen molar-refractivity contribution < 1.29 is 28.6 Å². The van der Waals surface area contributed by atoms with Crippen LogP contribution in [0.25, 0.3) is 0 Å². The second-order valence-electron chi connectivity index (χ2n) is 6.13. The SMILES string of the molecule is COc1cc(C2=NO[C@@H](C(=O)NC[C@@H]3CCCO3)C2)cc(OC)c1OC. The van der Waals surface area contributed by atoms with Crippen LogP contribution in [0.1, 0.15) is 24.8 Å². The zero-order chi connectivity index (χ0) is 18.5. The standard InChI is InChI=1S/C18H24N2O6/c1-22-14-7-11(8-15(23-2)17(14)24-3)13-9-16(26-20-13)18(21)19-10-12-5-4-6-25-12/h7-8,12,16H,4-6,9-10H2,1-3H3,(H,19,21)/t12-,16+/m0/s1. The fourth-order valence-corrected chi connectivity index (χ4v) is 3.07. The topological polar surface area (TPSA) is 87.6 Å². The molecule has 2 aliphatic rings. The van der Waals surface area contributed by atoms with Crippen LogP contribution < -0.4 is 19.5 Å². The highest BCUT2D eigenvalue weighted by atomic mass is 16.6. The first kappa shape index (κ1) is 18.3. The first-order valence-corrected chi connectivity index (χ1v) is 8.58. The maximum Gasteiger partial charge on any atom is 0.264 e. The van der Waals surface area contributed by atoms with Gasteiger partial charge in [-0.1, -0.05) is 5.16 Å². The molecule has 1 amide bonds. The second-order valence-corrected chi connectivity index (χ2v) is 6.13. The number of hydrogen-bond acceptors (Lipinski definition) is 7. The molecule has 2 atom stereocenters. The van der Waals surface area contributed by atoms with Crippen LogP contribution in [-0.2, 0) is 14.4 Å². The molecule has 2 heterocycles.